The minimum absolute atomic E-state index is 0.0126. The van der Waals surface area contributed by atoms with Crippen molar-refractivity contribution >= 4 is 51.8 Å². The molecule has 8 rings (SSSR count). The van der Waals surface area contributed by atoms with Gasteiger partial charge in [-0.05, 0) is 68.0 Å². The lowest BCUT2D eigenvalue weighted by Crippen LogP contribution is -2.50. The quantitative estimate of drug-likeness (QED) is 0.0616. The third-order valence-corrected chi connectivity index (χ3v) is 13.5. The van der Waals surface area contributed by atoms with Crippen LogP contribution in [-0.2, 0) is 27.0 Å². The molecule has 16 heteroatoms. The number of carbonyl (C=O) groups is 4. The lowest BCUT2D eigenvalue weighted by molar-refractivity contribution is -0.134. The van der Waals surface area contributed by atoms with E-state index in [-0.39, 0.29) is 57.0 Å². The number of likely N-dealkylation sites (tertiary alicyclic amines) is 1. The van der Waals surface area contributed by atoms with Crippen LogP contribution in [0, 0.1) is 11.6 Å². The summed E-state index contributed by atoms with van der Waals surface area (Å²) in [5, 5.41) is 14.7. The van der Waals surface area contributed by atoms with Gasteiger partial charge < -0.3 is 30.7 Å². The lowest BCUT2D eigenvalue weighted by atomic mass is 9.77. The fraction of sp³-hybridized carbons (Fsp3) is 0.396. The number of hydrogen-bond donors (Lipinski definition) is 4. The van der Waals surface area contributed by atoms with Gasteiger partial charge in [0.05, 0.1) is 34.8 Å². The molecule has 3 aliphatic heterocycles. The van der Waals surface area contributed by atoms with Gasteiger partial charge in [-0.25, -0.2) is 8.78 Å². The van der Waals surface area contributed by atoms with E-state index < -0.39 is 35.0 Å². The van der Waals surface area contributed by atoms with Crippen LogP contribution >= 0.6 is 11.6 Å². The molecule has 2 fully saturated rings. The molecule has 3 atom stereocenters. The van der Waals surface area contributed by atoms with Crippen LogP contribution in [-0.4, -0.2) is 77.6 Å². The summed E-state index contributed by atoms with van der Waals surface area (Å²) in [6, 6.07) is 19.4. The molecule has 5 N–H and O–H groups in total. The zero-order valence-corrected chi connectivity index (χ0v) is 36.8. The number of hydrogen-bond acceptors (Lipinski definition) is 9. The van der Waals surface area contributed by atoms with Gasteiger partial charge in [0, 0.05) is 91.9 Å². The topological polar surface area (TPSA) is 170 Å². The Morgan fingerprint density at radius 3 is 2.50 bits per heavy atom. The van der Waals surface area contributed by atoms with Gasteiger partial charge in [0.25, 0.3) is 0 Å². The normalized spacial score (nSPS) is 19.9. The van der Waals surface area contributed by atoms with E-state index in [0.29, 0.717) is 50.2 Å². The van der Waals surface area contributed by atoms with Gasteiger partial charge in [-0.2, -0.15) is 5.10 Å². The van der Waals surface area contributed by atoms with Gasteiger partial charge in [0.15, 0.2) is 17.2 Å². The van der Waals surface area contributed by atoms with Gasteiger partial charge in [-0.1, -0.05) is 55.3 Å². The van der Waals surface area contributed by atoms with Crippen molar-refractivity contribution in [2.45, 2.75) is 81.8 Å². The number of nitrogens with one attached hydrogen (secondary N) is 3. The Kier molecular flexibility index (Phi) is 12.9. The zero-order chi connectivity index (χ0) is 45.3. The molecule has 2 saturated heterocycles. The number of primary amides is 1. The first-order valence-corrected chi connectivity index (χ1v) is 22.2. The van der Waals surface area contributed by atoms with Crippen LogP contribution in [0.25, 0.3) is 22.0 Å². The van der Waals surface area contributed by atoms with Gasteiger partial charge in [-0.15, -0.1) is 0 Å². The summed E-state index contributed by atoms with van der Waals surface area (Å²) < 4.78 is 45.6. The highest BCUT2D eigenvalue weighted by atomic mass is 35.5. The number of carbonyl (C=O) groups excluding carboxylic acids is 4. The van der Waals surface area contributed by atoms with Crippen molar-refractivity contribution < 1.29 is 37.4 Å². The van der Waals surface area contributed by atoms with E-state index in [9.17, 15) is 19.2 Å². The van der Waals surface area contributed by atoms with Crippen molar-refractivity contribution in [2.24, 2.45) is 12.8 Å². The van der Waals surface area contributed by atoms with Crippen LogP contribution < -0.4 is 31.2 Å². The highest BCUT2D eigenvalue weighted by Gasteiger charge is 2.50. The number of nitrogens with zero attached hydrogens (tertiary/aromatic N) is 3. The van der Waals surface area contributed by atoms with Crippen LogP contribution in [0.5, 0.6) is 11.5 Å². The molecule has 0 bridgehead atoms. The summed E-state index contributed by atoms with van der Waals surface area (Å²) in [6.45, 7) is 4.17. The van der Waals surface area contributed by atoms with Crippen molar-refractivity contribution in [1.29, 1.82) is 0 Å². The van der Waals surface area contributed by atoms with E-state index in [1.54, 1.807) is 4.68 Å². The third kappa shape index (κ3) is 8.50. The zero-order valence-electron chi connectivity index (χ0n) is 36.1. The molecule has 4 aromatic carbocycles. The lowest BCUT2D eigenvalue weighted by Gasteiger charge is -2.38. The Morgan fingerprint density at radius 2 is 1.78 bits per heavy atom. The molecule has 64 heavy (non-hydrogen) atoms. The first kappa shape index (κ1) is 44.5. The first-order chi connectivity index (χ1) is 30.8. The number of halogens is 3. The van der Waals surface area contributed by atoms with Crippen LogP contribution in [0.1, 0.15) is 97.3 Å². The third-order valence-electron chi connectivity index (χ3n) is 13.1. The first-order valence-electron chi connectivity index (χ1n) is 21.8. The monoisotopic (exact) mass is 895 g/mol. The molecule has 4 amide bonds. The van der Waals surface area contributed by atoms with Gasteiger partial charge >= 0.3 is 0 Å². The largest absolute Gasteiger partial charge is 0.494 e. The molecule has 1 unspecified atom stereocenters. The fourth-order valence-corrected chi connectivity index (χ4v) is 9.83. The Hall–Kier alpha value is -6.06. The summed E-state index contributed by atoms with van der Waals surface area (Å²) in [5.74, 6) is -4.01. The maximum absolute atomic E-state index is 16.2. The van der Waals surface area contributed by atoms with E-state index in [4.69, 9.17) is 26.8 Å². The van der Waals surface area contributed by atoms with E-state index in [0.717, 1.165) is 60.8 Å². The van der Waals surface area contributed by atoms with Crippen LogP contribution in [0.3, 0.4) is 0 Å². The number of fused-ring (bicyclic) bond motifs is 2. The summed E-state index contributed by atoms with van der Waals surface area (Å²) >= 11 is 6.66. The minimum Gasteiger partial charge on any atom is -0.494 e. The van der Waals surface area contributed by atoms with Gasteiger partial charge in [0.1, 0.15) is 11.6 Å². The molecule has 3 aliphatic rings. The van der Waals surface area contributed by atoms with Crippen molar-refractivity contribution in [1.82, 2.24) is 25.3 Å². The molecule has 1 aromatic heterocycles. The molecule has 336 valence electrons. The standard InChI is InChI=1S/C48H52ClF2N7O6/c1-27-40-37(25-34(50)43(49)42(40)41-32(46(52)61)15-17-36(63-3)44(41)51)64-48(27,28-10-6-4-7-11-28)26-54-29-19-22-58(23-20-29)39(60)12-8-5-9-21-53-30-13-14-31-35(24-30)57(2)56-45(31)33-16-18-38(59)55-47(33)62/h4,6-7,10-11,13-15,17,24-25,27,29,33,53-54H,5,8-9,12,16,18-23,26H2,1-3H3,(H2,52,61)(H,55,59,62)/t27-,33?,48-/m0/s1. The number of benzene rings is 4. The average Bonchev–Trinajstić information content (AvgIpc) is 3.76. The van der Waals surface area contributed by atoms with Crippen molar-refractivity contribution in [3.63, 3.8) is 0 Å². The predicted molar refractivity (Wildman–Crippen MR) is 239 cm³/mol. The number of amides is 4. The number of methoxy groups -OCH3 is 1. The number of piperidine rings is 2. The average molecular weight is 896 g/mol. The minimum atomic E-state index is -1.08. The SMILES string of the molecule is COc1ccc(C(N)=O)c(-c2c(Cl)c(F)cc3c2[C@H](C)[C@@](CNC2CCN(C(=O)CCCCCNc4ccc5c(C6CCC(=O)NC6=O)nn(C)c5c4)CC2)(c2ccccc2)O3)c1F. The predicted octanol–water partition coefficient (Wildman–Crippen LogP) is 7.44. The summed E-state index contributed by atoms with van der Waals surface area (Å²) in [4.78, 5) is 52.0. The smallest absolute Gasteiger partial charge is 0.249 e. The molecular weight excluding hydrogens is 844 g/mol. The number of anilines is 1. The van der Waals surface area contributed by atoms with Crippen LogP contribution in [0.4, 0.5) is 14.5 Å². The van der Waals surface area contributed by atoms with Crippen LogP contribution in [0.15, 0.2) is 66.7 Å². The number of aromatic nitrogens is 2. The highest BCUT2D eigenvalue weighted by Crippen LogP contribution is 2.56. The van der Waals surface area contributed by atoms with Crippen LogP contribution in [0.2, 0.25) is 5.02 Å². The Balaban J connectivity index is 0.855. The second-order valence-electron chi connectivity index (χ2n) is 16.9. The second-order valence-corrected chi connectivity index (χ2v) is 17.3. The molecule has 0 aliphatic carbocycles. The highest BCUT2D eigenvalue weighted by molar-refractivity contribution is 6.34. The number of aryl methyl sites for hydroxylation is 1. The number of rotatable bonds is 15. The van der Waals surface area contributed by atoms with E-state index in [1.165, 1.54) is 25.3 Å². The number of nitrogens with two attached hydrogens (primary N) is 1. The molecule has 5 aromatic rings. The molecule has 4 heterocycles. The Morgan fingerprint density at radius 1 is 1.02 bits per heavy atom. The number of ether oxygens (including phenoxy) is 2. The Labute approximate surface area is 375 Å². The van der Waals surface area contributed by atoms with E-state index in [1.807, 2.05) is 67.4 Å². The van der Waals surface area contributed by atoms with Gasteiger partial charge in [-0.3, -0.25) is 29.2 Å². The molecule has 0 spiro atoms. The number of imide groups is 1. The van der Waals surface area contributed by atoms with E-state index >= 15 is 8.78 Å². The summed E-state index contributed by atoms with van der Waals surface area (Å²) in [5.41, 5.74) is 7.98. The maximum Gasteiger partial charge on any atom is 0.249 e. The molecule has 13 nitrogen and oxygen atoms in total. The second kappa shape index (κ2) is 18.6. The Bertz CT molecular complexity index is 2620. The molecule has 0 radical (unpaired) electrons. The van der Waals surface area contributed by atoms with Gasteiger partial charge in [0.2, 0.25) is 23.6 Å². The fourth-order valence-electron chi connectivity index (χ4n) is 9.58. The number of unbranched alkanes of at least 4 members (excludes halogenated alkanes) is 2. The van der Waals surface area contributed by atoms with Crippen molar-refractivity contribution in [3.8, 4) is 22.6 Å². The molecule has 0 saturated carbocycles. The van der Waals surface area contributed by atoms with Crippen molar-refractivity contribution in [2.75, 3.05) is 38.6 Å². The summed E-state index contributed by atoms with van der Waals surface area (Å²) in [7, 11) is 3.14. The van der Waals surface area contributed by atoms with Crippen molar-refractivity contribution in [3.05, 3.63) is 106 Å². The summed E-state index contributed by atoms with van der Waals surface area (Å²) in [6.07, 6.45) is 5.21. The van der Waals surface area contributed by atoms with E-state index in [2.05, 4.69) is 21.0 Å². The maximum atomic E-state index is 16.2. The molecular formula is C48H52ClF2N7O6.